The first kappa shape index (κ1) is 7.71. The minimum atomic E-state index is -0.450. The van der Waals surface area contributed by atoms with E-state index in [4.69, 9.17) is 0 Å². The molecule has 0 bridgehead atoms. The molecule has 0 spiro atoms. The Morgan fingerprint density at radius 3 is 2.82 bits per heavy atom. The van der Waals surface area contributed by atoms with Crippen molar-refractivity contribution in [3.05, 3.63) is 28.9 Å². The Labute approximate surface area is 63.8 Å². The Bertz CT molecular complexity index is 279. The molecule has 1 aromatic heterocycles. The maximum Gasteiger partial charge on any atom is 0.309 e. The van der Waals surface area contributed by atoms with E-state index in [9.17, 15) is 10.1 Å². The molecule has 0 aliphatic heterocycles. The van der Waals surface area contributed by atoms with Crippen LogP contribution in [0.3, 0.4) is 0 Å². The second kappa shape index (κ2) is 2.69. The van der Waals surface area contributed by atoms with E-state index in [1.54, 1.807) is 6.92 Å². The third-order valence-corrected chi connectivity index (χ3v) is 1.49. The fourth-order valence-corrected chi connectivity index (χ4v) is 0.841. The number of rotatable bonds is 2. The van der Waals surface area contributed by atoms with E-state index in [2.05, 4.69) is 12.0 Å². The first-order valence-corrected chi connectivity index (χ1v) is 3.13. The van der Waals surface area contributed by atoms with Gasteiger partial charge in [-0.3, -0.25) is 14.8 Å². The van der Waals surface area contributed by atoms with E-state index in [0.29, 0.717) is 12.2 Å². The molecule has 0 saturated heterocycles. The van der Waals surface area contributed by atoms with Crippen molar-refractivity contribution in [2.24, 2.45) is 0 Å². The monoisotopic (exact) mass is 154 g/mol. The smallest absolute Gasteiger partial charge is 0.263 e. The maximum atomic E-state index is 10.3. The first-order valence-electron chi connectivity index (χ1n) is 3.13. The lowest BCUT2D eigenvalue weighted by Crippen LogP contribution is -1.99. The molecule has 0 N–H and O–H groups in total. The van der Waals surface area contributed by atoms with Crippen molar-refractivity contribution in [3.63, 3.8) is 0 Å². The molecule has 1 radical (unpaired) electrons. The summed E-state index contributed by atoms with van der Waals surface area (Å²) in [5.74, 6) is 0. The molecule has 0 unspecified atom stereocenters. The summed E-state index contributed by atoms with van der Waals surface area (Å²) < 4.78 is 1.48. The van der Waals surface area contributed by atoms with Gasteiger partial charge in [-0.2, -0.15) is 5.10 Å². The van der Waals surface area contributed by atoms with Gasteiger partial charge in [0.15, 0.2) is 0 Å². The molecular weight excluding hydrogens is 146 g/mol. The zero-order valence-corrected chi connectivity index (χ0v) is 6.15. The molecule has 59 valence electrons. The Balaban J connectivity index is 3.10. The van der Waals surface area contributed by atoms with E-state index in [1.165, 1.54) is 10.9 Å². The molecule has 5 heteroatoms. The Morgan fingerprint density at radius 1 is 1.91 bits per heavy atom. The molecule has 1 aromatic rings. The molecule has 0 fully saturated rings. The first-order chi connectivity index (χ1) is 5.16. The van der Waals surface area contributed by atoms with Gasteiger partial charge in [0, 0.05) is 6.54 Å². The average molecular weight is 154 g/mol. The van der Waals surface area contributed by atoms with Crippen molar-refractivity contribution in [2.75, 3.05) is 0 Å². The van der Waals surface area contributed by atoms with E-state index < -0.39 is 4.92 Å². The summed E-state index contributed by atoms with van der Waals surface area (Å²) >= 11 is 0. The van der Waals surface area contributed by atoms with Gasteiger partial charge in [-0.25, -0.2) is 0 Å². The van der Waals surface area contributed by atoms with Gasteiger partial charge in [-0.1, -0.05) is 0 Å². The van der Waals surface area contributed by atoms with Crippen LogP contribution < -0.4 is 0 Å². The van der Waals surface area contributed by atoms with Gasteiger partial charge in [0.25, 0.3) is 0 Å². The zero-order chi connectivity index (χ0) is 8.43. The van der Waals surface area contributed by atoms with Gasteiger partial charge in [-0.15, -0.1) is 0 Å². The number of nitrogens with zero attached hydrogens (tertiary/aromatic N) is 3. The summed E-state index contributed by atoms with van der Waals surface area (Å²) in [4.78, 5) is 9.83. The number of aromatic nitrogens is 2. The lowest BCUT2D eigenvalue weighted by molar-refractivity contribution is -0.385. The van der Waals surface area contributed by atoms with Crippen LogP contribution in [0.4, 0.5) is 5.69 Å². The molecule has 11 heavy (non-hydrogen) atoms. The van der Waals surface area contributed by atoms with Gasteiger partial charge in [0.05, 0.1) is 4.92 Å². The molecule has 0 aromatic carbocycles. The molecule has 0 aliphatic carbocycles. The van der Waals surface area contributed by atoms with Gasteiger partial charge in [-0.05, 0) is 13.8 Å². The minimum Gasteiger partial charge on any atom is -0.263 e. The molecule has 5 nitrogen and oxygen atoms in total. The second-order valence-corrected chi connectivity index (χ2v) is 2.10. The highest BCUT2D eigenvalue weighted by molar-refractivity contribution is 5.31. The second-order valence-electron chi connectivity index (χ2n) is 2.10. The van der Waals surface area contributed by atoms with Crippen molar-refractivity contribution in [1.82, 2.24) is 9.78 Å². The lowest BCUT2D eigenvalue weighted by atomic mass is 10.4. The van der Waals surface area contributed by atoms with Crippen LogP contribution >= 0.6 is 0 Å². The summed E-state index contributed by atoms with van der Waals surface area (Å²) in [6, 6.07) is 0. The highest BCUT2D eigenvalue weighted by atomic mass is 16.6. The lowest BCUT2D eigenvalue weighted by Gasteiger charge is -1.95. The maximum absolute atomic E-state index is 10.3. The number of hydrogen-bond acceptors (Lipinski definition) is 3. The van der Waals surface area contributed by atoms with Crippen LogP contribution in [0.5, 0.6) is 0 Å². The van der Waals surface area contributed by atoms with Crippen molar-refractivity contribution in [3.8, 4) is 0 Å². The van der Waals surface area contributed by atoms with Crippen LogP contribution in [-0.2, 0) is 6.54 Å². The van der Waals surface area contributed by atoms with Crippen LogP contribution in [0.1, 0.15) is 5.69 Å². The fraction of sp³-hybridized carbons (Fsp3) is 0.333. The normalized spacial score (nSPS) is 10.0. The Hall–Kier alpha value is -1.39. The highest BCUT2D eigenvalue weighted by Crippen LogP contribution is 2.15. The molecule has 0 amide bonds. The summed E-state index contributed by atoms with van der Waals surface area (Å²) in [5.41, 5.74) is 0.596. The van der Waals surface area contributed by atoms with Gasteiger partial charge < -0.3 is 0 Å². The zero-order valence-electron chi connectivity index (χ0n) is 6.15. The molecule has 0 aliphatic rings. The average Bonchev–Trinajstić information content (AvgIpc) is 2.30. The third kappa shape index (κ3) is 1.21. The topological polar surface area (TPSA) is 61.0 Å². The fourth-order valence-electron chi connectivity index (χ4n) is 0.841. The molecular formula is C6H8N3O2. The van der Waals surface area contributed by atoms with Gasteiger partial charge >= 0.3 is 5.69 Å². The SMILES string of the molecule is [CH2]Cn1ncc([N+](=O)[O-])c1C. The third-order valence-electron chi connectivity index (χ3n) is 1.49. The van der Waals surface area contributed by atoms with Crippen LogP contribution in [0, 0.1) is 24.0 Å². The van der Waals surface area contributed by atoms with E-state index in [0.717, 1.165) is 0 Å². The highest BCUT2D eigenvalue weighted by Gasteiger charge is 2.14. The molecule has 0 saturated carbocycles. The van der Waals surface area contributed by atoms with Crippen LogP contribution in [0.15, 0.2) is 6.20 Å². The van der Waals surface area contributed by atoms with Gasteiger partial charge in [0.2, 0.25) is 0 Å². The van der Waals surface area contributed by atoms with Crippen LogP contribution in [-0.4, -0.2) is 14.7 Å². The van der Waals surface area contributed by atoms with Crippen LogP contribution in [0.25, 0.3) is 0 Å². The Kier molecular flexibility index (Phi) is 1.89. The number of hydrogen-bond donors (Lipinski definition) is 0. The largest absolute Gasteiger partial charge is 0.309 e. The van der Waals surface area contributed by atoms with E-state index >= 15 is 0 Å². The van der Waals surface area contributed by atoms with Crippen LogP contribution in [0.2, 0.25) is 0 Å². The summed E-state index contributed by atoms with van der Waals surface area (Å²) in [5, 5.41) is 14.1. The van der Waals surface area contributed by atoms with Crippen molar-refractivity contribution >= 4 is 5.69 Å². The predicted octanol–water partition coefficient (Wildman–Crippen LogP) is 0.934. The Morgan fingerprint density at radius 2 is 2.55 bits per heavy atom. The van der Waals surface area contributed by atoms with Crippen molar-refractivity contribution in [2.45, 2.75) is 13.5 Å². The standard InChI is InChI=1S/C6H8N3O2/c1-3-8-5(2)6(4-7-8)9(10)11/h4H,1,3H2,2H3. The summed E-state index contributed by atoms with van der Waals surface area (Å²) in [6.45, 7) is 5.63. The number of nitro groups is 1. The van der Waals surface area contributed by atoms with Gasteiger partial charge in [0.1, 0.15) is 11.9 Å². The summed E-state index contributed by atoms with van der Waals surface area (Å²) in [6.07, 6.45) is 1.24. The van der Waals surface area contributed by atoms with E-state index in [-0.39, 0.29) is 5.69 Å². The quantitative estimate of drug-likeness (QED) is 0.470. The minimum absolute atomic E-state index is 0.0497. The van der Waals surface area contributed by atoms with E-state index in [1.807, 2.05) is 0 Å². The van der Waals surface area contributed by atoms with Crippen molar-refractivity contribution in [1.29, 1.82) is 0 Å². The summed E-state index contributed by atoms with van der Waals surface area (Å²) in [7, 11) is 0. The molecule has 1 heterocycles. The molecule has 0 atom stereocenters. The van der Waals surface area contributed by atoms with Crippen molar-refractivity contribution < 1.29 is 4.92 Å². The molecule has 1 rings (SSSR count). The predicted molar refractivity (Wildman–Crippen MR) is 39.0 cm³/mol.